The number of thioether (sulfide) groups is 1. The molecule has 3 N–H and O–H groups in total. The van der Waals surface area contributed by atoms with Crippen LogP contribution in [0.4, 0.5) is 0 Å². The van der Waals surface area contributed by atoms with Crippen molar-refractivity contribution in [1.82, 2.24) is 9.88 Å². The van der Waals surface area contributed by atoms with Crippen LogP contribution in [0.2, 0.25) is 5.02 Å². The molecule has 1 aromatic rings. The van der Waals surface area contributed by atoms with Crippen LogP contribution < -0.4 is 10.8 Å². The molecular weight excluding hydrogens is 492 g/mol. The average molecular weight is 533 g/mol. The molecule has 36 heavy (non-hydrogen) atoms. The van der Waals surface area contributed by atoms with Gasteiger partial charge in [-0.05, 0) is 69.3 Å². The maximum absolute atomic E-state index is 12.7. The second-order valence-corrected chi connectivity index (χ2v) is 12.3. The predicted molar refractivity (Wildman–Crippen MR) is 150 cm³/mol. The molecule has 0 bridgehead atoms. The summed E-state index contributed by atoms with van der Waals surface area (Å²) < 4.78 is 8.00. The van der Waals surface area contributed by atoms with Crippen molar-refractivity contribution in [3.8, 4) is 0 Å². The van der Waals surface area contributed by atoms with Gasteiger partial charge in [-0.2, -0.15) is 11.8 Å². The summed E-state index contributed by atoms with van der Waals surface area (Å²) in [6, 6.07) is 3.21. The molecule has 1 heterocycles. The summed E-state index contributed by atoms with van der Waals surface area (Å²) in [6.07, 6.45) is 12.6. The van der Waals surface area contributed by atoms with Crippen molar-refractivity contribution in [3.63, 3.8) is 0 Å². The lowest BCUT2D eigenvalue weighted by atomic mass is 9.86. The van der Waals surface area contributed by atoms with Crippen molar-refractivity contribution in [1.29, 1.82) is 10.8 Å². The number of ether oxygens (including phenoxy) is 1. The molecule has 0 spiro atoms. The van der Waals surface area contributed by atoms with E-state index in [1.807, 2.05) is 6.92 Å². The van der Waals surface area contributed by atoms with Crippen molar-refractivity contribution in [3.05, 3.63) is 53.3 Å². The number of carbonyl (C=O) groups is 1. The van der Waals surface area contributed by atoms with Crippen molar-refractivity contribution in [2.24, 2.45) is 11.8 Å². The fourth-order valence-corrected chi connectivity index (χ4v) is 6.53. The average Bonchev–Trinajstić information content (AvgIpc) is 2.83. The largest absolute Gasteiger partial charge is 0.363 e. The molecule has 198 valence electrons. The summed E-state index contributed by atoms with van der Waals surface area (Å²) in [5.41, 5.74) is 0.179. The Bertz CT molecular complexity index is 1030. The van der Waals surface area contributed by atoms with Crippen LogP contribution in [0.15, 0.2) is 42.8 Å². The van der Waals surface area contributed by atoms with E-state index in [2.05, 4.69) is 43.6 Å². The van der Waals surface area contributed by atoms with Crippen LogP contribution in [0, 0.1) is 22.7 Å². The molecule has 6 nitrogen and oxygen atoms in total. The summed E-state index contributed by atoms with van der Waals surface area (Å²) >= 11 is 8.19. The van der Waals surface area contributed by atoms with Crippen molar-refractivity contribution >= 4 is 35.1 Å². The fourth-order valence-electron chi connectivity index (χ4n) is 5.29. The van der Waals surface area contributed by atoms with Gasteiger partial charge >= 0.3 is 0 Å². The molecule has 2 aliphatic rings. The highest BCUT2D eigenvalue weighted by atomic mass is 35.5. The van der Waals surface area contributed by atoms with Gasteiger partial charge in [0.15, 0.2) is 0 Å². The zero-order valence-corrected chi connectivity index (χ0v) is 23.4. The minimum atomic E-state index is -0.963. The van der Waals surface area contributed by atoms with E-state index >= 15 is 0 Å². The Labute approximate surface area is 224 Å². The molecule has 0 saturated heterocycles. The molecule has 1 aromatic heterocycles. The van der Waals surface area contributed by atoms with Crippen LogP contribution in [-0.4, -0.2) is 39.0 Å². The Morgan fingerprint density at radius 2 is 2.06 bits per heavy atom. The van der Waals surface area contributed by atoms with E-state index in [0.29, 0.717) is 23.8 Å². The molecule has 1 fully saturated rings. The molecule has 3 unspecified atom stereocenters. The number of carbonyl (C=O) groups excluding carboxylic acids is 1. The Kier molecular flexibility index (Phi) is 10.5. The Balaban J connectivity index is 1.59. The number of allylic oxidation sites excluding steroid dienone is 1. The SMILES string of the molecule is C=CCC(C)(OC1CCC(NC(=O)CC2CCC(SCC)CC2)=CC1C)C(=N)n1cc(Cl)ccc1=N. The summed E-state index contributed by atoms with van der Waals surface area (Å²) in [6.45, 7) is 10.0. The number of aromatic nitrogens is 1. The van der Waals surface area contributed by atoms with Crippen LogP contribution in [0.1, 0.15) is 72.1 Å². The first-order valence-corrected chi connectivity index (χ1v) is 14.5. The first kappa shape index (κ1) is 28.7. The van der Waals surface area contributed by atoms with Crippen molar-refractivity contribution in [2.75, 3.05) is 5.75 Å². The third kappa shape index (κ3) is 7.59. The maximum Gasteiger partial charge on any atom is 0.224 e. The second-order valence-electron chi connectivity index (χ2n) is 10.3. The summed E-state index contributed by atoms with van der Waals surface area (Å²) in [7, 11) is 0. The Morgan fingerprint density at radius 1 is 1.33 bits per heavy atom. The minimum Gasteiger partial charge on any atom is -0.363 e. The highest BCUT2D eigenvalue weighted by Crippen LogP contribution is 2.34. The summed E-state index contributed by atoms with van der Waals surface area (Å²) in [5, 5.41) is 21.4. The number of nitrogens with one attached hydrogen (secondary N) is 3. The number of hydrogen-bond acceptors (Lipinski definition) is 5. The summed E-state index contributed by atoms with van der Waals surface area (Å²) in [4.78, 5) is 12.7. The van der Waals surface area contributed by atoms with Gasteiger partial charge in [0.1, 0.15) is 16.9 Å². The second kappa shape index (κ2) is 13.1. The number of nitrogens with zero attached hydrogens (tertiary/aromatic N) is 1. The number of rotatable bonds is 10. The highest BCUT2D eigenvalue weighted by Gasteiger charge is 2.36. The molecule has 8 heteroatoms. The lowest BCUT2D eigenvalue weighted by Crippen LogP contribution is -2.48. The molecule has 0 radical (unpaired) electrons. The van der Waals surface area contributed by atoms with Crippen LogP contribution in [-0.2, 0) is 9.53 Å². The number of amides is 1. The quantitative estimate of drug-likeness (QED) is 0.187. The van der Waals surface area contributed by atoms with E-state index < -0.39 is 5.60 Å². The monoisotopic (exact) mass is 532 g/mol. The van der Waals surface area contributed by atoms with Gasteiger partial charge in [0.2, 0.25) is 5.91 Å². The lowest BCUT2D eigenvalue weighted by Gasteiger charge is -2.38. The Hall–Kier alpha value is -1.83. The maximum atomic E-state index is 12.7. The van der Waals surface area contributed by atoms with Gasteiger partial charge in [-0.25, -0.2) is 0 Å². The first-order chi connectivity index (χ1) is 17.1. The normalized spacial score (nSPS) is 25.9. The van der Waals surface area contributed by atoms with Crippen LogP contribution in [0.3, 0.4) is 0 Å². The molecular formula is C28H41ClN4O2S. The van der Waals surface area contributed by atoms with Crippen molar-refractivity contribution < 1.29 is 9.53 Å². The van der Waals surface area contributed by atoms with Gasteiger partial charge in [-0.3, -0.25) is 20.2 Å². The van der Waals surface area contributed by atoms with E-state index in [1.165, 1.54) is 23.2 Å². The molecule has 3 rings (SSSR count). The van der Waals surface area contributed by atoms with E-state index in [1.54, 1.807) is 24.4 Å². The molecule has 0 aromatic carbocycles. The topological polar surface area (TPSA) is 91.0 Å². The smallest absolute Gasteiger partial charge is 0.224 e. The van der Waals surface area contributed by atoms with Gasteiger partial charge in [-0.15, -0.1) is 6.58 Å². The summed E-state index contributed by atoms with van der Waals surface area (Å²) in [5.74, 6) is 2.02. The molecule has 2 aliphatic carbocycles. The first-order valence-electron chi connectivity index (χ1n) is 13.1. The van der Waals surface area contributed by atoms with Gasteiger partial charge in [-0.1, -0.05) is 37.6 Å². The van der Waals surface area contributed by atoms with Gasteiger partial charge in [0.05, 0.1) is 11.1 Å². The number of hydrogen-bond donors (Lipinski definition) is 3. The predicted octanol–water partition coefficient (Wildman–Crippen LogP) is 6.30. The van der Waals surface area contributed by atoms with E-state index in [9.17, 15) is 4.79 Å². The standard InChI is InChI=1S/C28H41ClN4O2S/c1-5-15-28(4,27(31)33-18-21(29)9-14-25(33)30)35-24-13-10-22(16-19(24)3)32-26(34)17-20-7-11-23(12-8-20)36-6-2/h5,9,14,16,18-20,23-24,30-31H,1,6-8,10-13,15,17H2,2-4H3,(H,32,34). The van der Waals surface area contributed by atoms with Gasteiger partial charge in [0, 0.05) is 35.9 Å². The zero-order chi connectivity index (χ0) is 26.3. The van der Waals surface area contributed by atoms with Gasteiger partial charge < -0.3 is 10.1 Å². The lowest BCUT2D eigenvalue weighted by molar-refractivity contribution is -0.121. The molecule has 3 atom stereocenters. The number of halogens is 1. The Morgan fingerprint density at radius 3 is 2.69 bits per heavy atom. The minimum absolute atomic E-state index is 0.0762. The van der Waals surface area contributed by atoms with Gasteiger partial charge in [0.25, 0.3) is 0 Å². The highest BCUT2D eigenvalue weighted by molar-refractivity contribution is 7.99. The number of pyridine rings is 1. The van der Waals surface area contributed by atoms with E-state index in [4.69, 9.17) is 27.2 Å². The molecule has 1 saturated carbocycles. The van der Waals surface area contributed by atoms with Crippen molar-refractivity contribution in [2.45, 2.75) is 89.1 Å². The molecule has 1 amide bonds. The molecule has 0 aliphatic heterocycles. The third-order valence-electron chi connectivity index (χ3n) is 7.32. The van der Waals surface area contributed by atoms with E-state index in [0.717, 1.165) is 36.6 Å². The third-order valence-corrected chi connectivity index (χ3v) is 8.82. The zero-order valence-electron chi connectivity index (χ0n) is 21.8. The van der Waals surface area contributed by atoms with Crippen LogP contribution in [0.25, 0.3) is 0 Å². The van der Waals surface area contributed by atoms with Crippen LogP contribution >= 0.6 is 23.4 Å². The van der Waals surface area contributed by atoms with E-state index in [-0.39, 0.29) is 29.3 Å². The van der Waals surface area contributed by atoms with Crippen LogP contribution in [0.5, 0.6) is 0 Å². The fraction of sp³-hybridized carbons (Fsp3) is 0.607.